The van der Waals surface area contributed by atoms with Crippen LogP contribution in [0.15, 0.2) is 59.6 Å². The molecule has 3 rings (SSSR count). The SMILES string of the molecule is COc1ccccc1C=NC(C)C1(OC)CCN(C(=O)OCc2ccccc2)C1. The van der Waals surface area contributed by atoms with Crippen molar-refractivity contribution in [3.05, 3.63) is 65.7 Å². The number of carbonyl (C=O) groups excluding carboxylic acids is 1. The zero-order chi connectivity index (χ0) is 20.7. The lowest BCUT2D eigenvalue weighted by molar-refractivity contribution is -0.0174. The van der Waals surface area contributed by atoms with E-state index in [1.165, 1.54) is 0 Å². The summed E-state index contributed by atoms with van der Waals surface area (Å²) in [5, 5.41) is 0. The molecule has 2 aromatic rings. The molecule has 1 aliphatic rings. The van der Waals surface area contributed by atoms with Crippen LogP contribution in [0.25, 0.3) is 0 Å². The minimum absolute atomic E-state index is 0.135. The van der Waals surface area contributed by atoms with Crippen LogP contribution < -0.4 is 4.74 Å². The van der Waals surface area contributed by atoms with Crippen molar-refractivity contribution >= 4 is 12.3 Å². The number of nitrogens with zero attached hydrogens (tertiary/aromatic N) is 2. The first-order chi connectivity index (χ1) is 14.1. The Morgan fingerprint density at radius 1 is 1.17 bits per heavy atom. The van der Waals surface area contributed by atoms with Gasteiger partial charge >= 0.3 is 6.09 Å². The van der Waals surface area contributed by atoms with E-state index in [2.05, 4.69) is 0 Å². The van der Waals surface area contributed by atoms with Crippen LogP contribution in [-0.2, 0) is 16.1 Å². The number of amides is 1. The number of likely N-dealkylation sites (tertiary alicyclic amines) is 1. The Kier molecular flexibility index (Phi) is 6.88. The lowest BCUT2D eigenvalue weighted by atomic mass is 9.94. The minimum Gasteiger partial charge on any atom is -0.496 e. The highest BCUT2D eigenvalue weighted by atomic mass is 16.6. The number of aliphatic imine (C=N–C) groups is 1. The molecule has 0 aliphatic carbocycles. The van der Waals surface area contributed by atoms with Crippen LogP contribution >= 0.6 is 0 Å². The summed E-state index contributed by atoms with van der Waals surface area (Å²) in [4.78, 5) is 18.9. The molecule has 0 saturated carbocycles. The number of carbonyl (C=O) groups is 1. The van der Waals surface area contributed by atoms with Gasteiger partial charge in [-0.05, 0) is 31.0 Å². The topological polar surface area (TPSA) is 60.4 Å². The van der Waals surface area contributed by atoms with Gasteiger partial charge in [0.25, 0.3) is 0 Å². The van der Waals surface area contributed by atoms with E-state index in [0.29, 0.717) is 19.5 Å². The average molecular weight is 396 g/mol. The molecule has 154 valence electrons. The maximum Gasteiger partial charge on any atom is 0.410 e. The fourth-order valence-corrected chi connectivity index (χ4v) is 3.55. The van der Waals surface area contributed by atoms with Crippen molar-refractivity contribution in [1.29, 1.82) is 0 Å². The van der Waals surface area contributed by atoms with Crippen LogP contribution in [0, 0.1) is 0 Å². The molecule has 1 amide bonds. The van der Waals surface area contributed by atoms with Gasteiger partial charge in [-0.2, -0.15) is 0 Å². The number of para-hydroxylation sites is 1. The van der Waals surface area contributed by atoms with Gasteiger partial charge in [0.15, 0.2) is 0 Å². The van der Waals surface area contributed by atoms with E-state index >= 15 is 0 Å². The number of methoxy groups -OCH3 is 2. The van der Waals surface area contributed by atoms with E-state index in [9.17, 15) is 4.79 Å². The van der Waals surface area contributed by atoms with Gasteiger partial charge in [0.05, 0.1) is 19.7 Å². The largest absolute Gasteiger partial charge is 0.496 e. The number of benzene rings is 2. The van der Waals surface area contributed by atoms with Crippen molar-refractivity contribution in [2.75, 3.05) is 27.3 Å². The van der Waals surface area contributed by atoms with Crippen molar-refractivity contribution < 1.29 is 19.0 Å². The molecule has 2 aromatic carbocycles. The highest BCUT2D eigenvalue weighted by Crippen LogP contribution is 2.31. The summed E-state index contributed by atoms with van der Waals surface area (Å²) >= 11 is 0. The minimum atomic E-state index is -0.537. The van der Waals surface area contributed by atoms with E-state index < -0.39 is 5.60 Å². The predicted octanol–water partition coefficient (Wildman–Crippen LogP) is 3.93. The summed E-state index contributed by atoms with van der Waals surface area (Å²) < 4.78 is 16.7. The van der Waals surface area contributed by atoms with Gasteiger partial charge in [0.1, 0.15) is 18.0 Å². The second kappa shape index (κ2) is 9.56. The van der Waals surface area contributed by atoms with Crippen LogP contribution in [0.4, 0.5) is 4.79 Å². The molecule has 6 nitrogen and oxygen atoms in total. The van der Waals surface area contributed by atoms with Crippen molar-refractivity contribution in [3.63, 3.8) is 0 Å². The maximum atomic E-state index is 12.5. The molecular formula is C23H28N2O4. The monoisotopic (exact) mass is 396 g/mol. The third-order valence-electron chi connectivity index (χ3n) is 5.47. The second-order valence-electron chi connectivity index (χ2n) is 7.18. The summed E-state index contributed by atoms with van der Waals surface area (Å²) in [6.45, 7) is 3.30. The van der Waals surface area contributed by atoms with Crippen molar-refractivity contribution in [1.82, 2.24) is 4.90 Å². The van der Waals surface area contributed by atoms with Gasteiger partial charge in [-0.3, -0.25) is 4.99 Å². The van der Waals surface area contributed by atoms with Crippen molar-refractivity contribution in [2.24, 2.45) is 4.99 Å². The Hall–Kier alpha value is -2.86. The Balaban J connectivity index is 1.62. The van der Waals surface area contributed by atoms with Gasteiger partial charge in [-0.15, -0.1) is 0 Å². The highest BCUT2D eigenvalue weighted by molar-refractivity contribution is 5.83. The molecule has 1 heterocycles. The molecule has 1 fully saturated rings. The summed E-state index contributed by atoms with van der Waals surface area (Å²) in [7, 11) is 3.32. The normalized spacial score (nSPS) is 20.0. The van der Waals surface area contributed by atoms with Gasteiger partial charge < -0.3 is 19.1 Å². The molecule has 0 aromatic heterocycles. The third-order valence-corrected chi connectivity index (χ3v) is 5.47. The Morgan fingerprint density at radius 3 is 2.62 bits per heavy atom. The van der Waals surface area contributed by atoms with Crippen LogP contribution in [0.1, 0.15) is 24.5 Å². The van der Waals surface area contributed by atoms with E-state index in [1.807, 2.05) is 61.5 Å². The molecule has 0 radical (unpaired) electrons. The lowest BCUT2D eigenvalue weighted by Crippen LogP contribution is -2.45. The number of rotatable bonds is 7. The molecule has 1 saturated heterocycles. The standard InChI is InChI=1S/C23H28N2O4/c1-18(24-15-20-11-7-8-12-21(20)27-2)23(28-3)13-14-25(17-23)22(26)29-16-19-9-5-4-6-10-19/h4-12,15,18H,13-14,16-17H2,1-3H3. The van der Waals surface area contributed by atoms with E-state index in [-0.39, 0.29) is 18.7 Å². The summed E-state index contributed by atoms with van der Waals surface area (Å²) in [6, 6.07) is 17.3. The molecule has 6 heteroatoms. The zero-order valence-corrected chi connectivity index (χ0v) is 17.2. The van der Waals surface area contributed by atoms with Crippen LogP contribution in [-0.4, -0.2) is 56.2 Å². The van der Waals surface area contributed by atoms with Crippen LogP contribution in [0.2, 0.25) is 0 Å². The zero-order valence-electron chi connectivity index (χ0n) is 17.2. The summed E-state index contributed by atoms with van der Waals surface area (Å²) in [5.74, 6) is 0.771. The third kappa shape index (κ3) is 4.95. The smallest absolute Gasteiger partial charge is 0.410 e. The van der Waals surface area contributed by atoms with Crippen molar-refractivity contribution in [3.8, 4) is 5.75 Å². The first kappa shape index (κ1) is 20.9. The Labute approximate surface area is 172 Å². The predicted molar refractivity (Wildman–Crippen MR) is 113 cm³/mol. The lowest BCUT2D eigenvalue weighted by Gasteiger charge is -2.31. The van der Waals surface area contributed by atoms with Crippen LogP contribution in [0.5, 0.6) is 5.75 Å². The highest BCUT2D eigenvalue weighted by Gasteiger charge is 2.45. The molecular weight excluding hydrogens is 368 g/mol. The molecule has 0 bridgehead atoms. The fraction of sp³-hybridized carbons (Fsp3) is 0.391. The number of hydrogen-bond acceptors (Lipinski definition) is 5. The van der Waals surface area contributed by atoms with Gasteiger partial charge in [-0.1, -0.05) is 42.5 Å². The Morgan fingerprint density at radius 2 is 1.90 bits per heavy atom. The van der Waals surface area contributed by atoms with E-state index in [4.69, 9.17) is 19.2 Å². The maximum absolute atomic E-state index is 12.5. The number of hydrogen-bond donors (Lipinski definition) is 0. The van der Waals surface area contributed by atoms with Gasteiger partial charge in [0.2, 0.25) is 0 Å². The molecule has 0 spiro atoms. The molecule has 2 atom stereocenters. The number of ether oxygens (including phenoxy) is 3. The average Bonchev–Trinajstić information content (AvgIpc) is 3.23. The molecule has 2 unspecified atom stereocenters. The fourth-order valence-electron chi connectivity index (χ4n) is 3.55. The van der Waals surface area contributed by atoms with Gasteiger partial charge in [-0.25, -0.2) is 4.79 Å². The van der Waals surface area contributed by atoms with Crippen molar-refractivity contribution in [2.45, 2.75) is 31.6 Å². The Bertz CT molecular complexity index is 840. The summed E-state index contributed by atoms with van der Waals surface area (Å²) in [5.41, 5.74) is 1.34. The van der Waals surface area contributed by atoms with E-state index in [1.54, 1.807) is 25.3 Å². The molecule has 1 aliphatic heterocycles. The summed E-state index contributed by atoms with van der Waals surface area (Å²) in [6.07, 6.45) is 2.18. The second-order valence-corrected chi connectivity index (χ2v) is 7.18. The van der Waals surface area contributed by atoms with E-state index in [0.717, 1.165) is 16.9 Å². The molecule has 0 N–H and O–H groups in total. The first-order valence-corrected chi connectivity index (χ1v) is 9.75. The molecule has 29 heavy (non-hydrogen) atoms. The van der Waals surface area contributed by atoms with Gasteiger partial charge in [0, 0.05) is 25.4 Å². The quantitative estimate of drug-likeness (QED) is 0.666. The van der Waals surface area contributed by atoms with Crippen LogP contribution in [0.3, 0.4) is 0 Å². The first-order valence-electron chi connectivity index (χ1n) is 9.75.